The first-order chi connectivity index (χ1) is 9.51. The Hall–Kier alpha value is -1.11. The lowest BCUT2D eigenvalue weighted by atomic mass is 10.3. The fourth-order valence-corrected chi connectivity index (χ4v) is 3.77. The number of rotatable bonds is 6. The van der Waals surface area contributed by atoms with Gasteiger partial charge in [-0.25, -0.2) is 0 Å². The molecule has 0 bridgehead atoms. The zero-order chi connectivity index (χ0) is 14.7. The number of ether oxygens (including phenoxy) is 1. The van der Waals surface area contributed by atoms with E-state index < -0.39 is 0 Å². The highest BCUT2D eigenvalue weighted by atomic mass is 32.1. The Balaban J connectivity index is 1.96. The van der Waals surface area contributed by atoms with Crippen LogP contribution in [-0.2, 0) is 13.1 Å². The summed E-state index contributed by atoms with van der Waals surface area (Å²) < 4.78 is 5.34. The molecule has 2 aromatic heterocycles. The highest BCUT2D eigenvalue weighted by molar-refractivity contribution is 7.15. The van der Waals surface area contributed by atoms with E-state index in [1.165, 1.54) is 15.3 Å². The van der Waals surface area contributed by atoms with Crippen molar-refractivity contribution >= 4 is 27.8 Å². The fraction of sp³-hybridized carbons (Fsp3) is 0.500. The van der Waals surface area contributed by atoms with Crippen LogP contribution in [0.3, 0.4) is 0 Å². The molecule has 0 saturated carbocycles. The smallest absolute Gasteiger partial charge is 0.230 e. The number of aryl methyl sites for hydroxylation is 2. The molecule has 0 fully saturated rings. The first-order valence-electron chi connectivity index (χ1n) is 6.49. The molecule has 20 heavy (non-hydrogen) atoms. The Kier molecular flexibility index (Phi) is 5.01. The van der Waals surface area contributed by atoms with E-state index >= 15 is 0 Å². The largest absolute Gasteiger partial charge is 0.480 e. The summed E-state index contributed by atoms with van der Waals surface area (Å²) >= 11 is 3.52. The van der Waals surface area contributed by atoms with Crippen molar-refractivity contribution in [2.24, 2.45) is 0 Å². The average molecular weight is 311 g/mol. The topological polar surface area (TPSA) is 37.4 Å². The van der Waals surface area contributed by atoms with E-state index in [4.69, 9.17) is 4.74 Å². The van der Waals surface area contributed by atoms with Gasteiger partial charge in [0.25, 0.3) is 0 Å². The van der Waals surface area contributed by atoms with Crippen molar-refractivity contribution in [2.45, 2.75) is 26.9 Å². The molecule has 6 heteroatoms. The van der Waals surface area contributed by atoms with Crippen LogP contribution in [0.4, 0.5) is 5.13 Å². The lowest BCUT2D eigenvalue weighted by Crippen LogP contribution is -2.11. The first kappa shape index (κ1) is 15.3. The minimum absolute atomic E-state index is 0.727. The lowest BCUT2D eigenvalue weighted by molar-refractivity contribution is 0.395. The van der Waals surface area contributed by atoms with E-state index in [9.17, 15) is 0 Å². The van der Waals surface area contributed by atoms with Crippen LogP contribution >= 0.6 is 22.7 Å². The number of aromatic nitrogens is 1. The van der Waals surface area contributed by atoms with Gasteiger partial charge in [-0.05, 0) is 25.5 Å². The van der Waals surface area contributed by atoms with Crippen LogP contribution in [0, 0.1) is 13.8 Å². The van der Waals surface area contributed by atoms with Gasteiger partial charge in [0.1, 0.15) is 0 Å². The van der Waals surface area contributed by atoms with Crippen LogP contribution in [-0.4, -0.2) is 26.2 Å². The van der Waals surface area contributed by atoms with Gasteiger partial charge in [-0.1, -0.05) is 11.3 Å². The van der Waals surface area contributed by atoms with Crippen molar-refractivity contribution in [1.82, 2.24) is 10.3 Å². The van der Waals surface area contributed by atoms with Crippen molar-refractivity contribution in [2.75, 3.05) is 26.1 Å². The van der Waals surface area contributed by atoms with Crippen LogP contribution in [0.2, 0.25) is 0 Å². The number of thiophene rings is 1. The molecule has 2 aromatic rings. The molecule has 4 nitrogen and oxygen atoms in total. The van der Waals surface area contributed by atoms with E-state index in [0.717, 1.165) is 29.0 Å². The number of nitrogens with one attached hydrogen (secondary N) is 1. The van der Waals surface area contributed by atoms with Crippen LogP contribution in [0.15, 0.2) is 6.07 Å². The summed E-state index contributed by atoms with van der Waals surface area (Å²) in [6.45, 7) is 5.99. The maximum Gasteiger partial charge on any atom is 0.230 e. The Morgan fingerprint density at radius 1 is 1.25 bits per heavy atom. The Labute approximate surface area is 128 Å². The number of anilines is 1. The molecule has 0 aromatic carbocycles. The number of methoxy groups -OCH3 is 1. The third-order valence-corrected chi connectivity index (χ3v) is 5.38. The number of nitrogens with zero attached hydrogens (tertiary/aromatic N) is 2. The van der Waals surface area contributed by atoms with Crippen LogP contribution < -0.4 is 15.0 Å². The Bertz CT molecular complexity index is 555. The Morgan fingerprint density at radius 3 is 2.55 bits per heavy atom. The van der Waals surface area contributed by atoms with Gasteiger partial charge in [0.15, 0.2) is 5.13 Å². The van der Waals surface area contributed by atoms with Gasteiger partial charge < -0.3 is 15.0 Å². The molecule has 1 N–H and O–H groups in total. The molecule has 2 heterocycles. The van der Waals surface area contributed by atoms with Gasteiger partial charge in [0.2, 0.25) is 5.88 Å². The summed E-state index contributed by atoms with van der Waals surface area (Å²) in [6, 6.07) is 2.25. The minimum atomic E-state index is 0.727. The van der Waals surface area contributed by atoms with Gasteiger partial charge in [-0.15, -0.1) is 11.3 Å². The van der Waals surface area contributed by atoms with Gasteiger partial charge in [0.05, 0.1) is 12.0 Å². The SMILES string of the molecule is COc1nc(N(C)C)sc1CNCc1cc(C)c(C)s1. The van der Waals surface area contributed by atoms with Crippen molar-refractivity contribution in [1.29, 1.82) is 0 Å². The third-order valence-electron chi connectivity index (χ3n) is 3.03. The summed E-state index contributed by atoms with van der Waals surface area (Å²) in [4.78, 5) is 10.4. The predicted octanol–water partition coefficient (Wildman–Crippen LogP) is 3.19. The van der Waals surface area contributed by atoms with Crippen LogP contribution in [0.25, 0.3) is 0 Å². The molecule has 0 unspecified atom stereocenters. The summed E-state index contributed by atoms with van der Waals surface area (Å²) in [5, 5.41) is 4.44. The summed E-state index contributed by atoms with van der Waals surface area (Å²) in [6.07, 6.45) is 0. The number of thiazole rings is 1. The molecule has 0 spiro atoms. The molecule has 2 rings (SSSR count). The second-order valence-corrected chi connectivity index (χ2v) is 7.28. The molecule has 0 atom stereocenters. The van der Waals surface area contributed by atoms with Crippen molar-refractivity contribution in [3.05, 3.63) is 26.3 Å². The molecule has 0 aliphatic rings. The van der Waals surface area contributed by atoms with Gasteiger partial charge in [0, 0.05) is 36.9 Å². The first-order valence-corrected chi connectivity index (χ1v) is 8.12. The maximum atomic E-state index is 5.34. The average Bonchev–Trinajstić information content (AvgIpc) is 2.94. The third kappa shape index (κ3) is 3.50. The molecule has 0 aliphatic heterocycles. The Morgan fingerprint density at radius 2 is 2.00 bits per heavy atom. The number of hydrogen-bond donors (Lipinski definition) is 1. The normalized spacial score (nSPS) is 10.8. The van der Waals surface area contributed by atoms with E-state index in [2.05, 4.69) is 30.2 Å². The lowest BCUT2D eigenvalue weighted by Gasteiger charge is -2.05. The molecular formula is C14H21N3OS2. The molecule has 0 aliphatic carbocycles. The zero-order valence-electron chi connectivity index (χ0n) is 12.6. The maximum absolute atomic E-state index is 5.34. The van der Waals surface area contributed by atoms with Crippen molar-refractivity contribution in [3.8, 4) is 5.88 Å². The van der Waals surface area contributed by atoms with Gasteiger partial charge >= 0.3 is 0 Å². The summed E-state index contributed by atoms with van der Waals surface area (Å²) in [5.41, 5.74) is 1.37. The summed E-state index contributed by atoms with van der Waals surface area (Å²) in [7, 11) is 5.66. The highest BCUT2D eigenvalue weighted by Gasteiger charge is 2.12. The van der Waals surface area contributed by atoms with Crippen LogP contribution in [0.1, 0.15) is 20.2 Å². The predicted molar refractivity (Wildman–Crippen MR) is 87.3 cm³/mol. The fourth-order valence-electron chi connectivity index (χ4n) is 1.82. The van der Waals surface area contributed by atoms with Gasteiger partial charge in [-0.2, -0.15) is 4.98 Å². The second kappa shape index (κ2) is 6.56. The second-order valence-electron chi connectivity index (χ2n) is 4.88. The monoisotopic (exact) mass is 311 g/mol. The zero-order valence-corrected chi connectivity index (χ0v) is 14.2. The van der Waals surface area contributed by atoms with Crippen molar-refractivity contribution < 1.29 is 4.74 Å². The van der Waals surface area contributed by atoms with Crippen molar-refractivity contribution in [3.63, 3.8) is 0 Å². The molecule has 0 amide bonds. The molecule has 0 saturated heterocycles. The van der Waals surface area contributed by atoms with Gasteiger partial charge in [-0.3, -0.25) is 0 Å². The van der Waals surface area contributed by atoms with E-state index in [0.29, 0.717) is 0 Å². The van der Waals surface area contributed by atoms with Crippen LogP contribution in [0.5, 0.6) is 5.88 Å². The molecule has 110 valence electrons. The molecular weight excluding hydrogens is 290 g/mol. The quantitative estimate of drug-likeness (QED) is 0.889. The minimum Gasteiger partial charge on any atom is -0.480 e. The van der Waals surface area contributed by atoms with E-state index in [-0.39, 0.29) is 0 Å². The van der Waals surface area contributed by atoms with E-state index in [1.54, 1.807) is 18.4 Å². The highest BCUT2D eigenvalue weighted by Crippen LogP contribution is 2.30. The summed E-state index contributed by atoms with van der Waals surface area (Å²) in [5.74, 6) is 0.727. The van der Waals surface area contributed by atoms with E-state index in [1.807, 2.05) is 30.3 Å². The molecule has 0 radical (unpaired) electrons. The standard InChI is InChI=1S/C14H21N3OS2/c1-9-6-11(19-10(9)2)7-15-8-12-13(18-5)16-14(20-12)17(3)4/h6,15H,7-8H2,1-5H3. The number of hydrogen-bond acceptors (Lipinski definition) is 6.